The molecule has 9 nitrogen and oxygen atoms in total. The van der Waals surface area contributed by atoms with E-state index in [1.54, 1.807) is 12.1 Å². The Morgan fingerprint density at radius 1 is 1.13 bits per heavy atom. The quantitative estimate of drug-likeness (QED) is 0.487. The van der Waals surface area contributed by atoms with E-state index in [2.05, 4.69) is 5.32 Å². The van der Waals surface area contributed by atoms with Crippen molar-refractivity contribution in [2.75, 3.05) is 19.1 Å². The van der Waals surface area contributed by atoms with Crippen molar-refractivity contribution >= 4 is 27.7 Å². The SMILES string of the molecule is COC(=O)C1=C(C(=O)OC)N(c2ccc(CNC(C)C)c(S(=O)(=O)O)c2)C=CC=C1. The highest BCUT2D eigenvalue weighted by molar-refractivity contribution is 7.85. The number of hydrogen-bond acceptors (Lipinski definition) is 8. The Morgan fingerprint density at radius 2 is 1.80 bits per heavy atom. The van der Waals surface area contributed by atoms with Crippen LogP contribution in [0, 0.1) is 0 Å². The van der Waals surface area contributed by atoms with Crippen molar-refractivity contribution in [1.82, 2.24) is 5.32 Å². The fourth-order valence-corrected chi connectivity index (χ4v) is 3.50. The molecule has 0 bridgehead atoms. The van der Waals surface area contributed by atoms with E-state index >= 15 is 0 Å². The molecule has 0 atom stereocenters. The molecule has 0 amide bonds. The van der Waals surface area contributed by atoms with E-state index in [1.807, 2.05) is 13.8 Å². The molecule has 2 N–H and O–H groups in total. The summed E-state index contributed by atoms with van der Waals surface area (Å²) in [7, 11) is -2.23. The lowest BCUT2D eigenvalue weighted by Gasteiger charge is -2.24. The summed E-state index contributed by atoms with van der Waals surface area (Å²) in [4.78, 5) is 25.7. The number of nitrogens with zero attached hydrogens (tertiary/aromatic N) is 1. The van der Waals surface area contributed by atoms with Crippen LogP contribution in [-0.2, 0) is 35.7 Å². The van der Waals surface area contributed by atoms with Gasteiger partial charge in [0.15, 0.2) is 0 Å². The standard InChI is InChI=1S/C20H24N2O7S/c1-13(2)21-12-14-8-9-15(11-17(14)30(25,26)27)22-10-6-5-7-16(19(23)28-3)18(22)20(24)29-4/h5-11,13,21H,12H2,1-4H3,(H,25,26,27). The lowest BCUT2D eigenvalue weighted by molar-refractivity contribution is -0.139. The average molecular weight is 436 g/mol. The summed E-state index contributed by atoms with van der Waals surface area (Å²) in [6.07, 6.45) is 5.94. The summed E-state index contributed by atoms with van der Waals surface area (Å²) in [6, 6.07) is 4.40. The minimum Gasteiger partial charge on any atom is -0.465 e. The largest absolute Gasteiger partial charge is 0.465 e. The summed E-state index contributed by atoms with van der Waals surface area (Å²) in [6.45, 7) is 4.01. The summed E-state index contributed by atoms with van der Waals surface area (Å²) in [5.41, 5.74) is 0.332. The van der Waals surface area contributed by atoms with Crippen molar-refractivity contribution in [1.29, 1.82) is 0 Å². The number of carbonyl (C=O) groups is 2. The summed E-state index contributed by atoms with van der Waals surface area (Å²) < 4.78 is 43.3. The monoisotopic (exact) mass is 436 g/mol. The highest BCUT2D eigenvalue weighted by Crippen LogP contribution is 2.30. The van der Waals surface area contributed by atoms with Crippen LogP contribution in [0.3, 0.4) is 0 Å². The van der Waals surface area contributed by atoms with Crippen LogP contribution >= 0.6 is 0 Å². The van der Waals surface area contributed by atoms with Gasteiger partial charge in [-0.3, -0.25) is 4.55 Å². The Kier molecular flexibility index (Phi) is 7.54. The first-order chi connectivity index (χ1) is 14.1. The van der Waals surface area contributed by atoms with Gasteiger partial charge in [-0.2, -0.15) is 8.42 Å². The Bertz CT molecular complexity index is 1020. The predicted molar refractivity (Wildman–Crippen MR) is 110 cm³/mol. The van der Waals surface area contributed by atoms with Gasteiger partial charge in [0.1, 0.15) is 10.6 Å². The number of rotatable bonds is 7. The van der Waals surface area contributed by atoms with Crippen LogP contribution < -0.4 is 10.2 Å². The summed E-state index contributed by atoms with van der Waals surface area (Å²) in [5, 5.41) is 3.09. The van der Waals surface area contributed by atoms with Crippen LogP contribution in [0.5, 0.6) is 0 Å². The van der Waals surface area contributed by atoms with E-state index < -0.39 is 22.1 Å². The second-order valence-corrected chi connectivity index (χ2v) is 8.01. The fraction of sp³-hybridized carbons (Fsp3) is 0.300. The first kappa shape index (κ1) is 23.3. The maximum Gasteiger partial charge on any atom is 0.355 e. The number of methoxy groups -OCH3 is 2. The number of anilines is 1. The molecule has 0 aromatic heterocycles. The lowest BCUT2D eigenvalue weighted by atomic mass is 10.1. The van der Waals surface area contributed by atoms with Gasteiger partial charge in [-0.15, -0.1) is 0 Å². The predicted octanol–water partition coefficient (Wildman–Crippen LogP) is 1.92. The van der Waals surface area contributed by atoms with E-state index in [-0.39, 0.29) is 34.4 Å². The fourth-order valence-electron chi connectivity index (χ4n) is 2.76. The van der Waals surface area contributed by atoms with E-state index in [0.717, 1.165) is 7.11 Å². The van der Waals surface area contributed by atoms with Crippen LogP contribution in [0.15, 0.2) is 58.8 Å². The van der Waals surface area contributed by atoms with Gasteiger partial charge in [0, 0.05) is 24.5 Å². The molecule has 1 aliphatic rings. The molecule has 0 aliphatic carbocycles. The van der Waals surface area contributed by atoms with Gasteiger partial charge >= 0.3 is 11.9 Å². The molecule has 2 rings (SSSR count). The van der Waals surface area contributed by atoms with Crippen LogP contribution in [0.2, 0.25) is 0 Å². The first-order valence-electron chi connectivity index (χ1n) is 8.99. The molecular formula is C20H24N2O7S. The third-order valence-corrected chi connectivity index (χ3v) is 5.13. The van der Waals surface area contributed by atoms with E-state index in [1.165, 1.54) is 42.5 Å². The molecule has 0 radical (unpaired) electrons. The van der Waals surface area contributed by atoms with Crippen molar-refractivity contribution < 1.29 is 32.0 Å². The molecule has 0 unspecified atom stereocenters. The van der Waals surface area contributed by atoms with E-state index in [4.69, 9.17) is 9.47 Å². The molecule has 1 aromatic rings. The number of ether oxygens (including phenoxy) is 2. The maximum absolute atomic E-state index is 12.5. The molecule has 0 saturated carbocycles. The smallest absolute Gasteiger partial charge is 0.355 e. The van der Waals surface area contributed by atoms with Crippen LogP contribution in [0.1, 0.15) is 19.4 Å². The summed E-state index contributed by atoms with van der Waals surface area (Å²) in [5.74, 6) is -1.60. The molecule has 1 heterocycles. The average Bonchev–Trinajstić information content (AvgIpc) is 2.93. The molecule has 0 saturated heterocycles. The Morgan fingerprint density at radius 3 is 2.37 bits per heavy atom. The zero-order valence-electron chi connectivity index (χ0n) is 17.1. The third-order valence-electron chi connectivity index (χ3n) is 4.20. The van der Waals surface area contributed by atoms with E-state index in [0.29, 0.717) is 5.56 Å². The molecule has 0 spiro atoms. The minimum absolute atomic E-state index is 0.0756. The third kappa shape index (κ3) is 5.35. The van der Waals surface area contributed by atoms with Gasteiger partial charge in [0.2, 0.25) is 0 Å². The molecular weight excluding hydrogens is 412 g/mol. The van der Waals surface area contributed by atoms with Crippen LogP contribution in [-0.4, -0.2) is 45.2 Å². The minimum atomic E-state index is -4.56. The normalized spacial score (nSPS) is 14.1. The molecule has 0 fully saturated rings. The zero-order valence-corrected chi connectivity index (χ0v) is 17.9. The molecule has 162 valence electrons. The van der Waals surface area contributed by atoms with Gasteiger partial charge in [-0.05, 0) is 29.8 Å². The summed E-state index contributed by atoms with van der Waals surface area (Å²) >= 11 is 0. The Hall–Kier alpha value is -2.95. The molecule has 30 heavy (non-hydrogen) atoms. The molecule has 10 heteroatoms. The number of esters is 2. The highest BCUT2D eigenvalue weighted by atomic mass is 32.2. The second-order valence-electron chi connectivity index (χ2n) is 6.62. The number of allylic oxidation sites excluding steroid dienone is 2. The van der Waals surface area contributed by atoms with Crippen LogP contribution in [0.25, 0.3) is 0 Å². The number of hydrogen-bond donors (Lipinski definition) is 2. The van der Waals surface area contributed by atoms with Crippen molar-refractivity contribution in [2.24, 2.45) is 0 Å². The Balaban J connectivity index is 2.67. The Labute approximate surface area is 175 Å². The first-order valence-corrected chi connectivity index (χ1v) is 10.4. The van der Waals surface area contributed by atoms with Crippen molar-refractivity contribution in [3.63, 3.8) is 0 Å². The van der Waals surface area contributed by atoms with Crippen molar-refractivity contribution in [3.05, 3.63) is 59.5 Å². The number of nitrogens with one attached hydrogen (secondary N) is 1. The van der Waals surface area contributed by atoms with Crippen LogP contribution in [0.4, 0.5) is 5.69 Å². The van der Waals surface area contributed by atoms with Gasteiger partial charge in [0.05, 0.1) is 19.8 Å². The number of carbonyl (C=O) groups excluding carboxylic acids is 2. The van der Waals surface area contributed by atoms with Gasteiger partial charge < -0.3 is 19.7 Å². The van der Waals surface area contributed by atoms with Crippen molar-refractivity contribution in [3.8, 4) is 0 Å². The van der Waals surface area contributed by atoms with Gasteiger partial charge in [0.25, 0.3) is 10.1 Å². The topological polar surface area (TPSA) is 122 Å². The zero-order chi connectivity index (χ0) is 22.5. The molecule has 1 aromatic carbocycles. The molecule has 1 aliphatic heterocycles. The van der Waals surface area contributed by atoms with Gasteiger partial charge in [-0.1, -0.05) is 26.0 Å². The number of benzene rings is 1. The van der Waals surface area contributed by atoms with Crippen molar-refractivity contribution in [2.45, 2.75) is 31.3 Å². The van der Waals surface area contributed by atoms with E-state index in [9.17, 15) is 22.6 Å². The van der Waals surface area contributed by atoms with Gasteiger partial charge in [-0.25, -0.2) is 9.59 Å². The highest BCUT2D eigenvalue weighted by Gasteiger charge is 2.28. The second kappa shape index (κ2) is 9.70. The maximum atomic E-state index is 12.5. The lowest BCUT2D eigenvalue weighted by Crippen LogP contribution is -2.27.